The molecule has 0 unspecified atom stereocenters. The lowest BCUT2D eigenvalue weighted by Crippen LogP contribution is -2.30. The number of carboxylic acid groups (broad SMARTS) is 1. The van der Waals surface area contributed by atoms with Crippen molar-refractivity contribution < 1.29 is 19.0 Å². The van der Waals surface area contributed by atoms with E-state index in [1.165, 1.54) is 12.3 Å². The number of carboxylic acids is 1. The molecule has 1 saturated carbocycles. The molecule has 0 atom stereocenters. The van der Waals surface area contributed by atoms with Gasteiger partial charge >= 0.3 is 5.97 Å². The molecule has 0 spiro atoms. The summed E-state index contributed by atoms with van der Waals surface area (Å²) in [5.41, 5.74) is 0.473. The molecule has 0 saturated heterocycles. The zero-order valence-corrected chi connectivity index (χ0v) is 17.1. The number of hydrogen-bond acceptors (Lipinski definition) is 3. The summed E-state index contributed by atoms with van der Waals surface area (Å²) in [6.45, 7) is 0.604. The molecule has 2 aromatic carbocycles. The maximum atomic E-state index is 13.9. The van der Waals surface area contributed by atoms with Gasteiger partial charge < -0.3 is 14.4 Å². The first kappa shape index (κ1) is 20.8. The second-order valence-electron chi connectivity index (χ2n) is 8.11. The van der Waals surface area contributed by atoms with Crippen molar-refractivity contribution in [2.24, 2.45) is 0 Å². The zero-order chi connectivity index (χ0) is 21.8. The standard InChI is InChI=1S/C25H24FNO4/c26-20-10-6-9-19(13-20)25(11-4-5-12-25)17-27-14-21(24(29)30)23(28)22(15-27)31-16-18-7-2-1-3-8-18/h1-3,6-10,13-15H,4-5,11-12,16-17H2,(H,29,30). The average Bonchev–Trinajstić information content (AvgIpc) is 3.24. The van der Waals surface area contributed by atoms with E-state index < -0.39 is 11.4 Å². The van der Waals surface area contributed by atoms with Crippen molar-refractivity contribution in [2.75, 3.05) is 0 Å². The minimum Gasteiger partial charge on any atom is -0.483 e. The smallest absolute Gasteiger partial charge is 0.341 e. The fourth-order valence-corrected chi connectivity index (χ4v) is 4.44. The molecule has 1 aromatic heterocycles. The molecule has 1 heterocycles. The predicted molar refractivity (Wildman–Crippen MR) is 115 cm³/mol. The van der Waals surface area contributed by atoms with Crippen LogP contribution in [0.5, 0.6) is 5.75 Å². The van der Waals surface area contributed by atoms with Gasteiger partial charge in [0, 0.05) is 18.2 Å². The molecule has 6 heteroatoms. The van der Waals surface area contributed by atoms with E-state index >= 15 is 0 Å². The van der Waals surface area contributed by atoms with Crippen LogP contribution < -0.4 is 10.2 Å². The molecule has 1 aliphatic rings. The van der Waals surface area contributed by atoms with Crippen LogP contribution in [0.15, 0.2) is 71.8 Å². The first-order valence-electron chi connectivity index (χ1n) is 10.4. The Kier molecular flexibility index (Phi) is 5.89. The molecule has 160 valence electrons. The van der Waals surface area contributed by atoms with Crippen LogP contribution in [0.25, 0.3) is 0 Å². The van der Waals surface area contributed by atoms with Gasteiger partial charge in [-0.05, 0) is 36.1 Å². The van der Waals surface area contributed by atoms with Gasteiger partial charge in [-0.25, -0.2) is 9.18 Å². The molecule has 3 aromatic rings. The van der Waals surface area contributed by atoms with E-state index in [-0.39, 0.29) is 29.2 Å². The summed E-state index contributed by atoms with van der Waals surface area (Å²) in [6, 6.07) is 16.0. The van der Waals surface area contributed by atoms with Crippen LogP contribution in [0.4, 0.5) is 4.39 Å². The van der Waals surface area contributed by atoms with Crippen LogP contribution in [0.1, 0.15) is 47.2 Å². The summed E-state index contributed by atoms with van der Waals surface area (Å²) in [4.78, 5) is 24.4. The lowest BCUT2D eigenvalue weighted by Gasteiger charge is -2.31. The Labute approximate surface area is 179 Å². The van der Waals surface area contributed by atoms with Crippen molar-refractivity contribution in [1.82, 2.24) is 4.57 Å². The molecule has 4 rings (SSSR count). The fourth-order valence-electron chi connectivity index (χ4n) is 4.44. The maximum absolute atomic E-state index is 13.9. The summed E-state index contributed by atoms with van der Waals surface area (Å²) in [5, 5.41) is 9.56. The van der Waals surface area contributed by atoms with Crippen LogP contribution >= 0.6 is 0 Å². The average molecular weight is 421 g/mol. The molecule has 1 aliphatic carbocycles. The van der Waals surface area contributed by atoms with Gasteiger partial charge in [-0.1, -0.05) is 55.3 Å². The number of pyridine rings is 1. The third-order valence-corrected chi connectivity index (χ3v) is 6.00. The van der Waals surface area contributed by atoms with Gasteiger partial charge in [0.2, 0.25) is 5.43 Å². The number of hydrogen-bond donors (Lipinski definition) is 1. The van der Waals surface area contributed by atoms with Crippen molar-refractivity contribution in [2.45, 2.75) is 44.2 Å². The van der Waals surface area contributed by atoms with Gasteiger partial charge in [0.25, 0.3) is 0 Å². The highest BCUT2D eigenvalue weighted by molar-refractivity contribution is 5.87. The number of halogens is 1. The number of nitrogens with zero attached hydrogens (tertiary/aromatic N) is 1. The van der Waals surface area contributed by atoms with Crippen LogP contribution in [-0.4, -0.2) is 15.6 Å². The predicted octanol–water partition coefficient (Wildman–Crippen LogP) is 4.78. The van der Waals surface area contributed by atoms with Crippen molar-refractivity contribution in [3.8, 4) is 5.75 Å². The van der Waals surface area contributed by atoms with Gasteiger partial charge in [-0.15, -0.1) is 0 Å². The highest BCUT2D eigenvalue weighted by Gasteiger charge is 2.36. The third kappa shape index (κ3) is 4.53. The fraction of sp³-hybridized carbons (Fsp3) is 0.280. The molecular weight excluding hydrogens is 397 g/mol. The maximum Gasteiger partial charge on any atom is 0.341 e. The van der Waals surface area contributed by atoms with Crippen molar-refractivity contribution in [1.29, 1.82) is 0 Å². The van der Waals surface area contributed by atoms with Gasteiger partial charge in [0.05, 0.1) is 6.20 Å². The number of carbonyl (C=O) groups is 1. The molecule has 0 aliphatic heterocycles. The van der Waals surface area contributed by atoms with E-state index in [0.717, 1.165) is 36.8 Å². The molecule has 0 bridgehead atoms. The highest BCUT2D eigenvalue weighted by Crippen LogP contribution is 2.42. The second kappa shape index (κ2) is 8.76. The Balaban J connectivity index is 1.69. The quantitative estimate of drug-likeness (QED) is 0.596. The topological polar surface area (TPSA) is 68.5 Å². The number of aromatic carboxylic acids is 1. The Morgan fingerprint density at radius 3 is 2.48 bits per heavy atom. The van der Waals surface area contributed by atoms with Crippen LogP contribution in [0.3, 0.4) is 0 Å². The first-order chi connectivity index (χ1) is 15.0. The van der Waals surface area contributed by atoms with Crippen LogP contribution in [0.2, 0.25) is 0 Å². The van der Waals surface area contributed by atoms with E-state index in [0.29, 0.717) is 6.54 Å². The van der Waals surface area contributed by atoms with E-state index in [2.05, 4.69) is 0 Å². The zero-order valence-electron chi connectivity index (χ0n) is 17.1. The molecule has 0 amide bonds. The Hall–Kier alpha value is -3.41. The first-order valence-corrected chi connectivity index (χ1v) is 10.4. The normalized spacial score (nSPS) is 15.0. The molecule has 5 nitrogen and oxygen atoms in total. The van der Waals surface area contributed by atoms with Crippen LogP contribution in [-0.2, 0) is 18.6 Å². The Morgan fingerprint density at radius 2 is 1.81 bits per heavy atom. The summed E-state index contributed by atoms with van der Waals surface area (Å²) in [5.74, 6) is -1.59. The van der Waals surface area contributed by atoms with Gasteiger partial charge in [-0.3, -0.25) is 4.79 Å². The largest absolute Gasteiger partial charge is 0.483 e. The number of rotatable bonds is 7. The lowest BCUT2D eigenvalue weighted by atomic mass is 9.78. The van der Waals surface area contributed by atoms with Gasteiger partial charge in [0.1, 0.15) is 18.0 Å². The number of benzene rings is 2. The molecule has 31 heavy (non-hydrogen) atoms. The van der Waals surface area contributed by atoms with E-state index in [9.17, 15) is 19.1 Å². The van der Waals surface area contributed by atoms with E-state index in [4.69, 9.17) is 4.74 Å². The minimum absolute atomic E-state index is 0.00357. The van der Waals surface area contributed by atoms with E-state index in [1.54, 1.807) is 22.9 Å². The van der Waals surface area contributed by atoms with Crippen molar-refractivity contribution in [3.05, 3.63) is 99.7 Å². The molecule has 0 radical (unpaired) electrons. The van der Waals surface area contributed by atoms with Gasteiger partial charge in [-0.2, -0.15) is 0 Å². The molecule has 1 N–H and O–H groups in total. The monoisotopic (exact) mass is 421 g/mol. The number of ether oxygens (including phenoxy) is 1. The summed E-state index contributed by atoms with van der Waals surface area (Å²) in [7, 11) is 0. The Bertz CT molecular complexity index is 1130. The molecular formula is C25H24FNO4. The minimum atomic E-state index is -1.30. The third-order valence-electron chi connectivity index (χ3n) is 6.00. The number of aromatic nitrogens is 1. The molecule has 1 fully saturated rings. The second-order valence-corrected chi connectivity index (χ2v) is 8.11. The highest BCUT2D eigenvalue weighted by atomic mass is 19.1. The Morgan fingerprint density at radius 1 is 1.06 bits per heavy atom. The summed E-state index contributed by atoms with van der Waals surface area (Å²) < 4.78 is 21.4. The summed E-state index contributed by atoms with van der Waals surface area (Å²) >= 11 is 0. The van der Waals surface area contributed by atoms with Crippen molar-refractivity contribution in [3.63, 3.8) is 0 Å². The van der Waals surface area contributed by atoms with Crippen molar-refractivity contribution >= 4 is 5.97 Å². The summed E-state index contributed by atoms with van der Waals surface area (Å²) in [6.07, 6.45) is 6.69. The van der Waals surface area contributed by atoms with E-state index in [1.807, 2.05) is 36.4 Å². The SMILES string of the molecule is O=C(O)c1cn(CC2(c3cccc(F)c3)CCCC2)cc(OCc2ccccc2)c1=O. The lowest BCUT2D eigenvalue weighted by molar-refractivity contribution is 0.0693. The van der Waals surface area contributed by atoms with Gasteiger partial charge in [0.15, 0.2) is 5.75 Å². The van der Waals surface area contributed by atoms with Crippen LogP contribution in [0, 0.1) is 5.82 Å².